The molecule has 0 bridgehead atoms. The number of carbonyl (C=O) groups is 2. The van der Waals surface area contributed by atoms with Crippen LogP contribution in [0.15, 0.2) is 49.6 Å². The lowest BCUT2D eigenvalue weighted by Crippen LogP contribution is -2.57. The van der Waals surface area contributed by atoms with Crippen LogP contribution in [0.1, 0.15) is 38.7 Å². The van der Waals surface area contributed by atoms with Gasteiger partial charge in [-0.2, -0.15) is 0 Å². The first kappa shape index (κ1) is 23.6. The average molecular weight is 444 g/mol. The molecule has 1 saturated heterocycles. The van der Waals surface area contributed by atoms with Crippen molar-refractivity contribution < 1.29 is 9.59 Å². The van der Waals surface area contributed by atoms with Crippen molar-refractivity contribution in [1.29, 1.82) is 0 Å². The third-order valence-electron chi connectivity index (χ3n) is 6.59. The second-order valence-corrected chi connectivity index (χ2v) is 9.74. The zero-order chi connectivity index (χ0) is 22.6. The maximum atomic E-state index is 13.9. The molecule has 168 valence electrons. The zero-order valence-corrected chi connectivity index (χ0v) is 19.4. The fourth-order valence-corrected chi connectivity index (χ4v) is 5.47. The minimum Gasteiger partial charge on any atom is -0.322 e. The molecule has 1 saturated carbocycles. The first-order valence-corrected chi connectivity index (χ1v) is 11.5. The number of nitrogens with one attached hydrogen (secondary N) is 1. The van der Waals surface area contributed by atoms with Crippen LogP contribution in [0, 0.1) is 17.8 Å². The largest absolute Gasteiger partial charge is 0.326 e. The van der Waals surface area contributed by atoms with Gasteiger partial charge in [-0.3, -0.25) is 9.69 Å². The molecule has 3 amide bonds. The number of urea groups is 1. The van der Waals surface area contributed by atoms with Crippen LogP contribution >= 0.6 is 11.6 Å². The summed E-state index contributed by atoms with van der Waals surface area (Å²) in [5.41, 5.74) is 0.0711. The van der Waals surface area contributed by atoms with Gasteiger partial charge >= 0.3 is 6.03 Å². The van der Waals surface area contributed by atoms with Crippen LogP contribution in [0.4, 0.5) is 4.79 Å². The molecular formula is C25H34ClN3O2. The molecule has 1 aliphatic carbocycles. The Balaban J connectivity index is 1.94. The van der Waals surface area contributed by atoms with Gasteiger partial charge in [0.25, 0.3) is 5.91 Å². The van der Waals surface area contributed by atoms with E-state index in [1.807, 2.05) is 29.2 Å². The summed E-state index contributed by atoms with van der Waals surface area (Å²) >= 11 is 6.08. The van der Waals surface area contributed by atoms with Crippen LogP contribution in [-0.4, -0.2) is 47.0 Å². The minimum absolute atomic E-state index is 0.0932. The lowest BCUT2D eigenvalue weighted by Gasteiger charge is -2.42. The fourth-order valence-electron chi connectivity index (χ4n) is 5.34. The van der Waals surface area contributed by atoms with Gasteiger partial charge in [-0.25, -0.2) is 9.69 Å². The summed E-state index contributed by atoms with van der Waals surface area (Å²) in [6.07, 6.45) is 7.03. The third kappa shape index (κ3) is 5.21. The first-order valence-electron chi connectivity index (χ1n) is 11.1. The Morgan fingerprint density at radius 3 is 2.23 bits per heavy atom. The van der Waals surface area contributed by atoms with Crippen molar-refractivity contribution in [2.45, 2.75) is 45.1 Å². The van der Waals surface area contributed by atoms with E-state index in [0.29, 0.717) is 36.4 Å². The summed E-state index contributed by atoms with van der Waals surface area (Å²) in [4.78, 5) is 30.3. The van der Waals surface area contributed by atoms with Crippen molar-refractivity contribution >= 4 is 23.5 Å². The summed E-state index contributed by atoms with van der Waals surface area (Å²) in [5.74, 6) is 1.01. The highest BCUT2D eigenvalue weighted by Gasteiger charge is 2.56. The number of halogens is 1. The van der Waals surface area contributed by atoms with Gasteiger partial charge in [0, 0.05) is 24.5 Å². The van der Waals surface area contributed by atoms with Gasteiger partial charge in [0.2, 0.25) is 0 Å². The van der Waals surface area contributed by atoms with E-state index < -0.39 is 5.54 Å². The number of carbonyl (C=O) groups excluding carboxylic acids is 2. The minimum atomic E-state index is -0.929. The quantitative estimate of drug-likeness (QED) is 0.437. The van der Waals surface area contributed by atoms with Crippen LogP contribution in [0.25, 0.3) is 0 Å². The maximum absolute atomic E-state index is 13.9. The number of imide groups is 1. The molecule has 1 heterocycles. The van der Waals surface area contributed by atoms with Gasteiger partial charge in [0.1, 0.15) is 5.54 Å². The van der Waals surface area contributed by atoms with E-state index in [9.17, 15) is 9.59 Å². The van der Waals surface area contributed by atoms with Gasteiger partial charge in [0.15, 0.2) is 0 Å². The molecule has 31 heavy (non-hydrogen) atoms. The van der Waals surface area contributed by atoms with Gasteiger partial charge in [-0.05, 0) is 54.7 Å². The summed E-state index contributed by atoms with van der Waals surface area (Å²) in [7, 11) is 0. The lowest BCUT2D eigenvalue weighted by molar-refractivity contribution is -0.135. The molecule has 5 nitrogen and oxygen atoms in total. The Labute approximate surface area is 191 Å². The summed E-state index contributed by atoms with van der Waals surface area (Å²) in [6.45, 7) is 13.4. The van der Waals surface area contributed by atoms with Crippen LogP contribution in [0.2, 0.25) is 5.02 Å². The Morgan fingerprint density at radius 2 is 1.68 bits per heavy atom. The second kappa shape index (κ2) is 10.0. The fraction of sp³-hybridized carbons (Fsp3) is 0.520. The van der Waals surface area contributed by atoms with Gasteiger partial charge < -0.3 is 5.32 Å². The molecule has 1 aliphatic heterocycles. The zero-order valence-electron chi connectivity index (χ0n) is 18.6. The van der Waals surface area contributed by atoms with Crippen molar-refractivity contribution in [3.63, 3.8) is 0 Å². The molecule has 0 spiro atoms. The third-order valence-corrected chi connectivity index (χ3v) is 6.84. The molecule has 3 atom stereocenters. The van der Waals surface area contributed by atoms with E-state index >= 15 is 0 Å². The van der Waals surface area contributed by atoms with Crippen LogP contribution in [-0.2, 0) is 11.2 Å². The van der Waals surface area contributed by atoms with Gasteiger partial charge in [-0.15, -0.1) is 13.2 Å². The molecular weight excluding hydrogens is 410 g/mol. The van der Waals surface area contributed by atoms with Gasteiger partial charge in [0.05, 0.1) is 6.67 Å². The molecule has 2 fully saturated rings. The topological polar surface area (TPSA) is 52.6 Å². The van der Waals surface area contributed by atoms with E-state index in [2.05, 4.69) is 32.3 Å². The van der Waals surface area contributed by atoms with E-state index in [4.69, 9.17) is 11.6 Å². The van der Waals surface area contributed by atoms with E-state index in [-0.39, 0.29) is 24.5 Å². The Hall–Kier alpha value is -2.11. The molecule has 3 unspecified atom stereocenters. The van der Waals surface area contributed by atoms with Crippen molar-refractivity contribution in [1.82, 2.24) is 15.1 Å². The summed E-state index contributed by atoms with van der Waals surface area (Å²) in [5, 5.41) is 3.81. The Bertz CT molecular complexity index is 805. The molecule has 1 aromatic carbocycles. The molecule has 0 aromatic heterocycles. The number of hydrogen-bond donors (Lipinski definition) is 1. The van der Waals surface area contributed by atoms with Gasteiger partial charge in [-0.1, -0.05) is 49.7 Å². The number of hydrogen-bond acceptors (Lipinski definition) is 3. The smallest absolute Gasteiger partial charge is 0.322 e. The monoisotopic (exact) mass is 443 g/mol. The van der Waals surface area contributed by atoms with Crippen molar-refractivity contribution in [3.05, 3.63) is 60.2 Å². The normalized spacial score (nSPS) is 28.6. The van der Waals surface area contributed by atoms with Crippen molar-refractivity contribution in [3.8, 4) is 0 Å². The molecule has 3 rings (SSSR count). The summed E-state index contributed by atoms with van der Waals surface area (Å²) in [6, 6.07) is 7.26. The van der Waals surface area contributed by atoms with E-state index in [1.54, 1.807) is 12.2 Å². The average Bonchev–Trinajstić information content (AvgIpc) is 2.94. The highest BCUT2D eigenvalue weighted by molar-refractivity contribution is 6.30. The lowest BCUT2D eigenvalue weighted by atomic mass is 9.66. The van der Waals surface area contributed by atoms with Crippen LogP contribution in [0.3, 0.4) is 0 Å². The molecule has 6 heteroatoms. The highest BCUT2D eigenvalue weighted by atomic mass is 35.5. The van der Waals surface area contributed by atoms with Crippen LogP contribution in [0.5, 0.6) is 0 Å². The molecule has 0 radical (unpaired) electrons. The standard InChI is InChI=1S/C25H34ClN3O2/c1-5-11-28(12-6-2)17-29-23(30)25(27-24(29)31,16-20-7-9-22(26)10-8-20)21-14-18(3)13-19(4)15-21/h5-10,18-19,21H,1-2,11-17H2,3-4H3,(H,27,31). The highest BCUT2D eigenvalue weighted by Crippen LogP contribution is 2.43. The summed E-state index contributed by atoms with van der Waals surface area (Å²) < 4.78 is 0. The van der Waals surface area contributed by atoms with E-state index in [1.165, 1.54) is 4.90 Å². The van der Waals surface area contributed by atoms with Crippen molar-refractivity contribution in [2.24, 2.45) is 17.8 Å². The molecule has 1 N–H and O–H groups in total. The van der Waals surface area contributed by atoms with E-state index in [0.717, 1.165) is 24.8 Å². The SMILES string of the molecule is C=CCN(CC=C)CN1C(=O)NC(Cc2ccc(Cl)cc2)(C2CC(C)CC(C)C2)C1=O. The number of benzene rings is 1. The predicted molar refractivity (Wildman–Crippen MR) is 126 cm³/mol. The molecule has 2 aliphatic rings. The number of nitrogens with zero attached hydrogens (tertiary/aromatic N) is 2. The maximum Gasteiger partial charge on any atom is 0.326 e. The second-order valence-electron chi connectivity index (χ2n) is 9.31. The number of amides is 3. The van der Waals surface area contributed by atoms with Crippen molar-refractivity contribution in [2.75, 3.05) is 19.8 Å². The Morgan fingerprint density at radius 1 is 1.10 bits per heavy atom. The number of rotatable bonds is 9. The Kier molecular flexibility index (Phi) is 7.60. The molecule has 1 aromatic rings. The first-order chi connectivity index (χ1) is 14.8. The van der Waals surface area contributed by atoms with Crippen LogP contribution < -0.4 is 5.32 Å². The predicted octanol–water partition coefficient (Wildman–Crippen LogP) is 4.88.